The molecule has 0 saturated carbocycles. The molecule has 0 aliphatic carbocycles. The van der Waals surface area contributed by atoms with E-state index in [9.17, 15) is 8.78 Å². The summed E-state index contributed by atoms with van der Waals surface area (Å²) in [4.78, 5) is 0. The maximum atomic E-state index is 13.7. The molecule has 0 radical (unpaired) electrons. The van der Waals surface area contributed by atoms with Crippen LogP contribution in [0.5, 0.6) is 0 Å². The number of halogens is 4. The van der Waals surface area contributed by atoms with Gasteiger partial charge in [-0.05, 0) is 49.4 Å². The average Bonchev–Trinajstić information content (AvgIpc) is 2.27. The van der Waals surface area contributed by atoms with E-state index in [4.69, 9.17) is 16.0 Å². The van der Waals surface area contributed by atoms with E-state index in [1.807, 2.05) is 6.55 Å². The minimum atomic E-state index is -1.06. The van der Waals surface area contributed by atoms with Crippen molar-refractivity contribution < 1.29 is 13.2 Å². The third-order valence-corrected chi connectivity index (χ3v) is 6.48. The molecule has 0 N–H and O–H groups in total. The fourth-order valence-corrected chi connectivity index (χ4v) is 2.96. The van der Waals surface area contributed by atoms with E-state index in [1.165, 1.54) is 6.07 Å². The van der Waals surface area contributed by atoms with Gasteiger partial charge in [0.25, 0.3) is 0 Å². The highest BCUT2D eigenvalue weighted by molar-refractivity contribution is 14.1. The molecule has 0 aliphatic heterocycles. The predicted molar refractivity (Wildman–Crippen MR) is 80.2 cm³/mol. The second-order valence-corrected chi connectivity index (χ2v) is 9.50. The summed E-state index contributed by atoms with van der Waals surface area (Å²) in [6, 6.07) is 1.44. The number of rotatable bonds is 3. The van der Waals surface area contributed by atoms with E-state index in [0.717, 1.165) is 0 Å². The summed E-state index contributed by atoms with van der Waals surface area (Å²) in [7, 11) is -1.06. The van der Waals surface area contributed by atoms with Crippen LogP contribution in [0.1, 0.15) is 26.3 Å². The molecular formula is C12H15ClF2IOSi+. The molecule has 0 aromatic heterocycles. The summed E-state index contributed by atoms with van der Waals surface area (Å²) in [5.41, 5.74) is 0.305. The van der Waals surface area contributed by atoms with Crippen molar-refractivity contribution in [2.24, 2.45) is 0 Å². The van der Waals surface area contributed by atoms with Crippen LogP contribution >= 0.6 is 34.2 Å². The monoisotopic (exact) mass is 403 g/mol. The fraction of sp³-hybridized carbons (Fsp3) is 0.500. The topological polar surface area (TPSA) is 9.23 Å². The van der Waals surface area contributed by atoms with Crippen LogP contribution in [-0.4, -0.2) is 9.04 Å². The van der Waals surface area contributed by atoms with Gasteiger partial charge in [-0.15, -0.1) is 0 Å². The van der Waals surface area contributed by atoms with Gasteiger partial charge in [-0.3, -0.25) is 0 Å². The lowest BCUT2D eigenvalue weighted by Gasteiger charge is -2.12. The second kappa shape index (κ2) is 6.15. The Hall–Kier alpha value is 0.277. The lowest BCUT2D eigenvalue weighted by atomic mass is 10.2. The molecule has 0 amide bonds. The molecule has 100 valence electrons. The Morgan fingerprint density at radius 2 is 1.89 bits per heavy atom. The van der Waals surface area contributed by atoms with E-state index in [2.05, 4.69) is 20.8 Å². The molecule has 0 atom stereocenters. The first-order chi connectivity index (χ1) is 8.14. The Morgan fingerprint density at radius 1 is 1.33 bits per heavy atom. The minimum Gasteiger partial charge on any atom is -0.224 e. The SMILES string of the molecule is C[Si+](OCc1cc(I)c(F)c(Cl)c1F)C(C)(C)C. The smallest absolute Gasteiger partial charge is 0.224 e. The molecular weight excluding hydrogens is 389 g/mol. The van der Waals surface area contributed by atoms with E-state index in [-0.39, 0.29) is 11.6 Å². The van der Waals surface area contributed by atoms with Crippen molar-refractivity contribution in [2.75, 3.05) is 0 Å². The molecule has 1 rings (SSSR count). The van der Waals surface area contributed by atoms with Gasteiger partial charge in [0.15, 0.2) is 11.6 Å². The summed E-state index contributed by atoms with van der Waals surface area (Å²) < 4.78 is 33.1. The molecule has 0 unspecified atom stereocenters. The van der Waals surface area contributed by atoms with E-state index >= 15 is 0 Å². The molecule has 0 saturated heterocycles. The predicted octanol–water partition coefficient (Wildman–Crippen LogP) is 5.16. The van der Waals surface area contributed by atoms with Crippen LogP contribution in [0.4, 0.5) is 8.78 Å². The number of hydrogen-bond donors (Lipinski definition) is 0. The molecule has 1 aromatic rings. The van der Waals surface area contributed by atoms with Gasteiger partial charge in [0, 0.05) is 5.56 Å². The third-order valence-electron chi connectivity index (χ3n) is 2.68. The van der Waals surface area contributed by atoms with E-state index in [0.29, 0.717) is 9.13 Å². The Labute approximate surface area is 127 Å². The van der Waals surface area contributed by atoms with Crippen LogP contribution in [-0.2, 0) is 11.0 Å². The second-order valence-electron chi connectivity index (χ2n) is 5.05. The Morgan fingerprint density at radius 3 is 2.39 bits per heavy atom. The van der Waals surface area contributed by atoms with Crippen molar-refractivity contribution in [1.82, 2.24) is 0 Å². The quantitative estimate of drug-likeness (QED) is 0.293. The minimum absolute atomic E-state index is 0.0676. The highest BCUT2D eigenvalue weighted by atomic mass is 127. The van der Waals surface area contributed by atoms with Crippen molar-refractivity contribution in [3.8, 4) is 0 Å². The van der Waals surface area contributed by atoms with Gasteiger partial charge in [-0.1, -0.05) is 11.6 Å². The Bertz CT molecular complexity index is 449. The molecule has 1 nitrogen and oxygen atoms in total. The molecule has 0 bridgehead atoms. The summed E-state index contributed by atoms with van der Waals surface area (Å²) in [6.07, 6.45) is 0. The zero-order valence-electron chi connectivity index (χ0n) is 10.7. The molecule has 0 aliphatic rings. The van der Waals surface area contributed by atoms with Crippen molar-refractivity contribution in [1.29, 1.82) is 0 Å². The van der Waals surface area contributed by atoms with Gasteiger partial charge < -0.3 is 0 Å². The first-order valence-electron chi connectivity index (χ1n) is 5.43. The third kappa shape index (κ3) is 3.88. The standard InChI is InChI=1S/C12H15ClF2IOSi/c1-12(2,3)18(4)17-6-7-5-8(16)11(15)9(13)10(7)14/h5H,6H2,1-4H3/q+1. The van der Waals surface area contributed by atoms with Gasteiger partial charge in [-0.25, -0.2) is 13.2 Å². The van der Waals surface area contributed by atoms with Gasteiger partial charge in [0.1, 0.15) is 16.7 Å². The molecule has 18 heavy (non-hydrogen) atoms. The molecule has 0 spiro atoms. The van der Waals surface area contributed by atoms with E-state index < -0.39 is 25.7 Å². The Balaban J connectivity index is 2.87. The van der Waals surface area contributed by atoms with Crippen LogP contribution in [0, 0.1) is 15.2 Å². The zero-order valence-corrected chi connectivity index (χ0v) is 14.6. The van der Waals surface area contributed by atoms with Gasteiger partial charge in [0.05, 0.1) is 10.1 Å². The molecule has 0 fully saturated rings. The summed E-state index contributed by atoms with van der Waals surface area (Å²) in [5, 5.41) is -0.390. The van der Waals surface area contributed by atoms with Crippen LogP contribution < -0.4 is 0 Å². The van der Waals surface area contributed by atoms with Gasteiger partial charge >= 0.3 is 9.04 Å². The van der Waals surface area contributed by atoms with Crippen molar-refractivity contribution in [3.63, 3.8) is 0 Å². The first kappa shape index (κ1) is 16.3. The normalized spacial score (nSPS) is 11.8. The van der Waals surface area contributed by atoms with Crippen molar-refractivity contribution in [3.05, 3.63) is 31.9 Å². The van der Waals surface area contributed by atoms with Crippen LogP contribution in [0.25, 0.3) is 0 Å². The highest BCUT2D eigenvalue weighted by Crippen LogP contribution is 2.30. The van der Waals surface area contributed by atoms with Crippen molar-refractivity contribution in [2.45, 2.75) is 39.0 Å². The largest absolute Gasteiger partial charge is 0.476 e. The maximum absolute atomic E-state index is 13.7. The zero-order chi connectivity index (χ0) is 14.1. The first-order valence-corrected chi connectivity index (χ1v) is 8.79. The molecule has 0 heterocycles. The Kier molecular flexibility index (Phi) is 5.58. The molecule has 1 aromatic carbocycles. The number of benzene rings is 1. The molecule has 6 heteroatoms. The maximum Gasteiger partial charge on any atom is 0.476 e. The summed E-state index contributed by atoms with van der Waals surface area (Å²) in [5.74, 6) is -1.44. The van der Waals surface area contributed by atoms with Gasteiger partial charge in [-0.2, -0.15) is 0 Å². The van der Waals surface area contributed by atoms with Crippen LogP contribution in [0.3, 0.4) is 0 Å². The number of hydrogen-bond acceptors (Lipinski definition) is 1. The fourth-order valence-electron chi connectivity index (χ4n) is 1.13. The van der Waals surface area contributed by atoms with Gasteiger partial charge in [0.2, 0.25) is 0 Å². The van der Waals surface area contributed by atoms with Crippen molar-refractivity contribution >= 4 is 43.2 Å². The van der Waals surface area contributed by atoms with E-state index in [1.54, 1.807) is 22.6 Å². The van der Waals surface area contributed by atoms with Crippen LogP contribution in [0.2, 0.25) is 16.6 Å². The highest BCUT2D eigenvalue weighted by Gasteiger charge is 2.39. The van der Waals surface area contributed by atoms with Crippen LogP contribution in [0.15, 0.2) is 6.07 Å². The summed E-state index contributed by atoms with van der Waals surface area (Å²) >= 11 is 7.38. The lowest BCUT2D eigenvalue weighted by molar-refractivity contribution is 0.288. The lowest BCUT2D eigenvalue weighted by Crippen LogP contribution is -2.25. The average molecular weight is 404 g/mol. The summed E-state index contributed by atoms with van der Waals surface area (Å²) in [6.45, 7) is 8.40.